The van der Waals surface area contributed by atoms with Crippen molar-refractivity contribution in [3.63, 3.8) is 0 Å². The first-order chi connectivity index (χ1) is 7.11. The fraction of sp³-hybridized carbons (Fsp3) is 0.538. The van der Waals surface area contributed by atoms with Crippen LogP contribution in [0, 0.1) is 6.92 Å². The van der Waals surface area contributed by atoms with Crippen LogP contribution in [0.4, 0.5) is 5.69 Å². The zero-order valence-electron chi connectivity index (χ0n) is 9.79. The molecule has 0 unspecified atom stereocenters. The van der Waals surface area contributed by atoms with Gasteiger partial charge < -0.3 is 9.64 Å². The minimum atomic E-state index is 0.102. The second-order valence-corrected chi connectivity index (χ2v) is 4.80. The molecule has 2 heteroatoms. The molecule has 0 atom stereocenters. The highest BCUT2D eigenvalue weighted by molar-refractivity contribution is 5.55. The maximum absolute atomic E-state index is 5.53. The van der Waals surface area contributed by atoms with Gasteiger partial charge in [-0.25, -0.2) is 0 Å². The summed E-state index contributed by atoms with van der Waals surface area (Å²) in [6.45, 7) is 9.26. The first-order valence-corrected chi connectivity index (χ1v) is 5.52. The fourth-order valence-electron chi connectivity index (χ4n) is 2.17. The maximum atomic E-state index is 5.53. The molecule has 1 aromatic carbocycles. The van der Waals surface area contributed by atoms with Gasteiger partial charge in [0.05, 0.1) is 18.8 Å². The average Bonchev–Trinajstić information content (AvgIpc) is 2.19. The van der Waals surface area contributed by atoms with Gasteiger partial charge in [-0.15, -0.1) is 0 Å². The highest BCUT2D eigenvalue weighted by atomic mass is 16.5. The van der Waals surface area contributed by atoms with Crippen LogP contribution in [0.1, 0.15) is 19.4 Å². The van der Waals surface area contributed by atoms with E-state index in [0.717, 1.165) is 19.8 Å². The van der Waals surface area contributed by atoms with E-state index < -0.39 is 0 Å². The lowest BCUT2D eigenvalue weighted by Gasteiger charge is -2.44. The molecular weight excluding hydrogens is 186 g/mol. The Labute approximate surface area is 91.9 Å². The summed E-state index contributed by atoms with van der Waals surface area (Å²) in [7, 11) is 0. The van der Waals surface area contributed by atoms with Gasteiger partial charge in [0, 0.05) is 12.2 Å². The summed E-state index contributed by atoms with van der Waals surface area (Å²) in [4.78, 5) is 2.45. The van der Waals surface area contributed by atoms with Crippen molar-refractivity contribution < 1.29 is 4.74 Å². The Bertz CT molecular complexity index is 346. The van der Waals surface area contributed by atoms with Crippen molar-refractivity contribution in [3.8, 4) is 0 Å². The van der Waals surface area contributed by atoms with Crippen molar-refractivity contribution in [3.05, 3.63) is 29.8 Å². The van der Waals surface area contributed by atoms with Crippen molar-refractivity contribution >= 4 is 5.69 Å². The van der Waals surface area contributed by atoms with E-state index in [9.17, 15) is 0 Å². The van der Waals surface area contributed by atoms with Gasteiger partial charge in [0.1, 0.15) is 0 Å². The van der Waals surface area contributed by atoms with Crippen molar-refractivity contribution in [2.75, 3.05) is 24.7 Å². The van der Waals surface area contributed by atoms with Gasteiger partial charge in [-0.2, -0.15) is 0 Å². The zero-order chi connectivity index (χ0) is 10.9. The lowest BCUT2D eigenvalue weighted by Crippen LogP contribution is -2.53. The number of ether oxygens (including phenoxy) is 1. The third-order valence-corrected chi connectivity index (χ3v) is 3.05. The van der Waals surface area contributed by atoms with Crippen molar-refractivity contribution in [2.45, 2.75) is 26.3 Å². The molecule has 1 heterocycles. The molecule has 2 rings (SSSR count). The lowest BCUT2D eigenvalue weighted by molar-refractivity contribution is 0.0643. The molecule has 0 N–H and O–H groups in total. The first kappa shape index (κ1) is 10.5. The molecule has 2 nitrogen and oxygen atoms in total. The van der Waals surface area contributed by atoms with Crippen LogP contribution in [-0.4, -0.2) is 25.3 Å². The van der Waals surface area contributed by atoms with Crippen molar-refractivity contribution in [1.82, 2.24) is 0 Å². The van der Waals surface area contributed by atoms with Crippen LogP contribution in [0.3, 0.4) is 0 Å². The second-order valence-electron chi connectivity index (χ2n) is 4.80. The van der Waals surface area contributed by atoms with Crippen LogP contribution in [-0.2, 0) is 4.74 Å². The summed E-state index contributed by atoms with van der Waals surface area (Å²) in [6, 6.07) is 8.56. The van der Waals surface area contributed by atoms with E-state index in [4.69, 9.17) is 4.74 Å². The molecule has 0 aromatic heterocycles. The topological polar surface area (TPSA) is 12.5 Å². The Hall–Kier alpha value is -1.02. The third-order valence-electron chi connectivity index (χ3n) is 3.05. The average molecular weight is 205 g/mol. The molecule has 0 aliphatic carbocycles. The van der Waals surface area contributed by atoms with Gasteiger partial charge in [0.2, 0.25) is 0 Å². The van der Waals surface area contributed by atoms with Gasteiger partial charge in [0.15, 0.2) is 0 Å². The lowest BCUT2D eigenvalue weighted by atomic mass is 10.00. The zero-order valence-corrected chi connectivity index (χ0v) is 9.79. The minimum Gasteiger partial charge on any atom is -0.377 e. The Kier molecular flexibility index (Phi) is 2.70. The number of anilines is 1. The normalized spacial score (nSPS) is 20.3. The Morgan fingerprint density at radius 2 is 2.00 bits per heavy atom. The summed E-state index contributed by atoms with van der Waals surface area (Å²) in [5, 5.41) is 0. The largest absolute Gasteiger partial charge is 0.377 e. The van der Waals surface area contributed by atoms with Gasteiger partial charge >= 0.3 is 0 Å². The number of aryl methyl sites for hydroxylation is 1. The van der Waals surface area contributed by atoms with E-state index in [1.165, 1.54) is 11.3 Å². The van der Waals surface area contributed by atoms with Gasteiger partial charge in [0.25, 0.3) is 0 Å². The van der Waals surface area contributed by atoms with E-state index in [1.54, 1.807) is 0 Å². The molecule has 0 amide bonds. The van der Waals surface area contributed by atoms with E-state index in [-0.39, 0.29) is 5.54 Å². The van der Waals surface area contributed by atoms with Gasteiger partial charge in [-0.05, 0) is 32.4 Å². The molecule has 1 aliphatic rings. The number of nitrogens with zero attached hydrogens (tertiary/aromatic N) is 1. The number of hydrogen-bond acceptors (Lipinski definition) is 2. The highest BCUT2D eigenvalue weighted by Crippen LogP contribution is 2.29. The van der Waals surface area contributed by atoms with Gasteiger partial charge in [-0.3, -0.25) is 0 Å². The third kappa shape index (κ3) is 2.00. The van der Waals surface area contributed by atoms with Crippen molar-refractivity contribution in [1.29, 1.82) is 0 Å². The fourth-order valence-corrected chi connectivity index (χ4v) is 2.17. The summed E-state index contributed by atoms with van der Waals surface area (Å²) in [6.07, 6.45) is 0. The van der Waals surface area contributed by atoms with E-state index in [0.29, 0.717) is 0 Å². The Balaban J connectivity index is 2.33. The van der Waals surface area contributed by atoms with Crippen LogP contribution < -0.4 is 4.90 Å². The van der Waals surface area contributed by atoms with E-state index >= 15 is 0 Å². The smallest absolute Gasteiger partial charge is 0.0694 e. The summed E-state index contributed by atoms with van der Waals surface area (Å²) in [5.41, 5.74) is 2.78. The second kappa shape index (κ2) is 3.86. The molecule has 1 aliphatic heterocycles. The Morgan fingerprint density at radius 3 is 2.67 bits per heavy atom. The minimum absolute atomic E-state index is 0.102. The van der Waals surface area contributed by atoms with Crippen LogP contribution in [0.2, 0.25) is 0 Å². The molecule has 0 saturated carbocycles. The van der Waals surface area contributed by atoms with Gasteiger partial charge in [-0.1, -0.05) is 18.2 Å². The van der Waals surface area contributed by atoms with Crippen molar-refractivity contribution in [2.24, 2.45) is 0 Å². The van der Waals surface area contributed by atoms with Crippen LogP contribution >= 0.6 is 0 Å². The molecule has 0 spiro atoms. The monoisotopic (exact) mass is 205 g/mol. The number of morpholine rings is 1. The summed E-state index contributed by atoms with van der Waals surface area (Å²) in [5.74, 6) is 0. The molecular formula is C13H19NO. The quantitative estimate of drug-likeness (QED) is 0.698. The van der Waals surface area contributed by atoms with E-state index in [1.807, 2.05) is 0 Å². The predicted octanol–water partition coefficient (Wildman–Crippen LogP) is 2.61. The van der Waals surface area contributed by atoms with E-state index in [2.05, 4.69) is 49.9 Å². The predicted molar refractivity (Wildman–Crippen MR) is 63.4 cm³/mol. The highest BCUT2D eigenvalue weighted by Gasteiger charge is 2.31. The Morgan fingerprint density at radius 1 is 1.27 bits per heavy atom. The maximum Gasteiger partial charge on any atom is 0.0694 e. The number of para-hydroxylation sites is 1. The molecule has 15 heavy (non-hydrogen) atoms. The molecule has 1 saturated heterocycles. The standard InChI is InChI=1S/C13H19NO/c1-11-6-4-5-7-12(11)14-8-9-15-10-13(14,2)3/h4-7H,8-10H2,1-3H3. The SMILES string of the molecule is Cc1ccccc1N1CCOCC1(C)C. The van der Waals surface area contributed by atoms with Crippen LogP contribution in [0.5, 0.6) is 0 Å². The summed E-state index contributed by atoms with van der Waals surface area (Å²) >= 11 is 0. The molecule has 0 bridgehead atoms. The molecule has 1 aromatic rings. The van der Waals surface area contributed by atoms with Crippen LogP contribution in [0.15, 0.2) is 24.3 Å². The molecule has 82 valence electrons. The molecule has 1 fully saturated rings. The molecule has 0 radical (unpaired) electrons. The number of rotatable bonds is 1. The summed E-state index contributed by atoms with van der Waals surface area (Å²) < 4.78 is 5.53. The van der Waals surface area contributed by atoms with Crippen LogP contribution in [0.25, 0.3) is 0 Å². The first-order valence-electron chi connectivity index (χ1n) is 5.52. The number of hydrogen-bond donors (Lipinski definition) is 0. The number of benzene rings is 1.